The van der Waals surface area contributed by atoms with Gasteiger partial charge in [0.2, 0.25) is 0 Å². The number of allylic oxidation sites excluding steroid dienone is 1. The van der Waals surface area contributed by atoms with Crippen molar-refractivity contribution in [2.75, 3.05) is 5.88 Å². The Morgan fingerprint density at radius 1 is 1.55 bits per heavy atom. The Morgan fingerprint density at radius 3 is 2.64 bits per heavy atom. The first-order chi connectivity index (χ1) is 5.20. The Hall–Kier alpha value is -0.300. The highest BCUT2D eigenvalue weighted by atomic mass is 35.5. The average molecular weight is 175 g/mol. The highest BCUT2D eigenvalue weighted by Gasteiger charge is 2.01. The molecule has 0 aromatic rings. The van der Waals surface area contributed by atoms with Gasteiger partial charge in [0.05, 0.1) is 0 Å². The largest absolute Gasteiger partial charge is 0.299 e. The number of ketones is 1. The summed E-state index contributed by atoms with van der Waals surface area (Å²) in [6.45, 7) is 5.78. The second-order valence-corrected chi connectivity index (χ2v) is 2.99. The second-order valence-electron chi connectivity index (χ2n) is 2.61. The number of hydrogen-bond acceptors (Lipinski definition) is 1. The van der Waals surface area contributed by atoms with Gasteiger partial charge in [-0.3, -0.25) is 4.79 Å². The summed E-state index contributed by atoms with van der Waals surface area (Å²) in [6, 6.07) is 0. The third kappa shape index (κ3) is 6.11. The lowest BCUT2D eigenvalue weighted by Crippen LogP contribution is -1.98. The molecular weight excluding hydrogens is 160 g/mol. The number of carbonyl (C=O) groups is 1. The van der Waals surface area contributed by atoms with E-state index < -0.39 is 0 Å². The molecule has 0 amide bonds. The van der Waals surface area contributed by atoms with Crippen molar-refractivity contribution >= 4 is 17.4 Å². The Bertz CT molecular complexity index is 140. The van der Waals surface area contributed by atoms with E-state index in [0.29, 0.717) is 18.7 Å². The molecule has 0 fully saturated rings. The number of halogens is 1. The molecule has 0 aliphatic carbocycles. The Labute approximate surface area is 73.4 Å². The summed E-state index contributed by atoms with van der Waals surface area (Å²) in [6.07, 6.45) is 2.82. The fourth-order valence-electron chi connectivity index (χ4n) is 0.756. The topological polar surface area (TPSA) is 17.1 Å². The van der Waals surface area contributed by atoms with Crippen LogP contribution in [0.2, 0.25) is 0 Å². The lowest BCUT2D eigenvalue weighted by atomic mass is 10.1. The van der Waals surface area contributed by atoms with E-state index in [4.69, 9.17) is 11.6 Å². The molecule has 2 heteroatoms. The van der Waals surface area contributed by atoms with Crippen molar-refractivity contribution in [1.29, 1.82) is 0 Å². The fourth-order valence-corrected chi connectivity index (χ4v) is 0.890. The van der Waals surface area contributed by atoms with Gasteiger partial charge in [-0.25, -0.2) is 0 Å². The van der Waals surface area contributed by atoms with E-state index in [1.807, 2.05) is 6.92 Å². The summed E-state index contributed by atoms with van der Waals surface area (Å²) >= 11 is 5.44. The molecular formula is C9H15ClO. The van der Waals surface area contributed by atoms with E-state index in [2.05, 4.69) is 6.58 Å². The van der Waals surface area contributed by atoms with Crippen LogP contribution in [0, 0.1) is 0 Å². The molecule has 0 spiro atoms. The predicted molar refractivity (Wildman–Crippen MR) is 49.0 cm³/mol. The summed E-state index contributed by atoms with van der Waals surface area (Å²) in [7, 11) is 0. The lowest BCUT2D eigenvalue weighted by Gasteiger charge is -1.99. The minimum Gasteiger partial charge on any atom is -0.299 e. The highest BCUT2D eigenvalue weighted by molar-refractivity contribution is 6.17. The zero-order valence-corrected chi connectivity index (χ0v) is 7.78. The highest BCUT2D eigenvalue weighted by Crippen LogP contribution is 2.06. The standard InChI is InChI=1S/C9H15ClO/c1-3-8(2)7-9(11)5-4-6-10/h2-7H2,1H3. The van der Waals surface area contributed by atoms with Crippen molar-refractivity contribution in [3.05, 3.63) is 12.2 Å². The van der Waals surface area contributed by atoms with Gasteiger partial charge in [-0.1, -0.05) is 19.1 Å². The molecule has 11 heavy (non-hydrogen) atoms. The number of rotatable bonds is 6. The molecule has 1 nitrogen and oxygen atoms in total. The zero-order valence-electron chi connectivity index (χ0n) is 7.03. The molecule has 0 aliphatic heterocycles. The van der Waals surface area contributed by atoms with Crippen LogP contribution in [0.15, 0.2) is 12.2 Å². The van der Waals surface area contributed by atoms with Crippen LogP contribution < -0.4 is 0 Å². The Kier molecular flexibility index (Phi) is 6.24. The van der Waals surface area contributed by atoms with E-state index in [-0.39, 0.29) is 5.78 Å². The molecule has 0 rings (SSSR count). The number of hydrogen-bond donors (Lipinski definition) is 0. The predicted octanol–water partition coefficient (Wildman–Crippen LogP) is 2.93. The van der Waals surface area contributed by atoms with Crippen LogP contribution in [-0.2, 0) is 4.79 Å². The van der Waals surface area contributed by atoms with Gasteiger partial charge in [0.1, 0.15) is 5.78 Å². The maximum Gasteiger partial charge on any atom is 0.136 e. The van der Waals surface area contributed by atoms with Crippen LogP contribution in [-0.4, -0.2) is 11.7 Å². The summed E-state index contributed by atoms with van der Waals surface area (Å²) < 4.78 is 0. The van der Waals surface area contributed by atoms with Gasteiger partial charge in [-0.15, -0.1) is 11.6 Å². The molecule has 0 aromatic heterocycles. The zero-order chi connectivity index (χ0) is 8.69. The first-order valence-corrected chi connectivity index (χ1v) is 4.48. The van der Waals surface area contributed by atoms with Crippen molar-refractivity contribution in [2.24, 2.45) is 0 Å². The fraction of sp³-hybridized carbons (Fsp3) is 0.667. The number of Topliss-reactive ketones (excluding diaryl/α,β-unsaturated/α-hetero) is 1. The molecule has 0 unspecified atom stereocenters. The SMILES string of the molecule is C=C(CC)CC(=O)CCCCl. The van der Waals surface area contributed by atoms with Gasteiger partial charge in [0.25, 0.3) is 0 Å². The third-order valence-corrected chi connectivity index (χ3v) is 1.80. The van der Waals surface area contributed by atoms with E-state index in [1.54, 1.807) is 0 Å². The molecule has 0 heterocycles. The first kappa shape index (κ1) is 10.7. The van der Waals surface area contributed by atoms with Crippen molar-refractivity contribution in [2.45, 2.75) is 32.6 Å². The average Bonchev–Trinajstić information content (AvgIpc) is 2.00. The van der Waals surface area contributed by atoms with Crippen molar-refractivity contribution in [1.82, 2.24) is 0 Å². The normalized spacial score (nSPS) is 9.64. The van der Waals surface area contributed by atoms with Crippen molar-refractivity contribution in [3.8, 4) is 0 Å². The molecule has 0 saturated heterocycles. The van der Waals surface area contributed by atoms with E-state index in [9.17, 15) is 4.79 Å². The Morgan fingerprint density at radius 2 is 2.18 bits per heavy atom. The van der Waals surface area contributed by atoms with Gasteiger partial charge in [0, 0.05) is 18.7 Å². The third-order valence-electron chi connectivity index (χ3n) is 1.54. The van der Waals surface area contributed by atoms with Gasteiger partial charge in [-0.2, -0.15) is 0 Å². The molecule has 0 aliphatic rings. The smallest absolute Gasteiger partial charge is 0.136 e. The molecule has 0 bridgehead atoms. The molecule has 0 atom stereocenters. The summed E-state index contributed by atoms with van der Waals surface area (Å²) in [5, 5.41) is 0. The first-order valence-electron chi connectivity index (χ1n) is 3.95. The van der Waals surface area contributed by atoms with Gasteiger partial charge >= 0.3 is 0 Å². The Balaban J connectivity index is 3.44. The minimum atomic E-state index is 0.262. The molecule has 0 aromatic carbocycles. The van der Waals surface area contributed by atoms with Crippen LogP contribution in [0.25, 0.3) is 0 Å². The maximum atomic E-state index is 11.1. The second kappa shape index (κ2) is 6.41. The van der Waals surface area contributed by atoms with Crippen LogP contribution >= 0.6 is 11.6 Å². The van der Waals surface area contributed by atoms with Crippen molar-refractivity contribution in [3.63, 3.8) is 0 Å². The van der Waals surface area contributed by atoms with E-state index in [1.165, 1.54) is 0 Å². The lowest BCUT2D eigenvalue weighted by molar-refractivity contribution is -0.118. The van der Waals surface area contributed by atoms with Crippen molar-refractivity contribution < 1.29 is 4.79 Å². The van der Waals surface area contributed by atoms with Crippen LogP contribution in [0.1, 0.15) is 32.6 Å². The van der Waals surface area contributed by atoms with Gasteiger partial charge < -0.3 is 0 Å². The number of carbonyl (C=O) groups excluding carboxylic acids is 1. The minimum absolute atomic E-state index is 0.262. The van der Waals surface area contributed by atoms with E-state index >= 15 is 0 Å². The molecule has 0 saturated carbocycles. The van der Waals surface area contributed by atoms with Gasteiger partial charge in [-0.05, 0) is 12.8 Å². The monoisotopic (exact) mass is 174 g/mol. The quantitative estimate of drug-likeness (QED) is 0.447. The summed E-state index contributed by atoms with van der Waals surface area (Å²) in [5.74, 6) is 0.835. The van der Waals surface area contributed by atoms with E-state index in [0.717, 1.165) is 18.4 Å². The van der Waals surface area contributed by atoms with Gasteiger partial charge in [0.15, 0.2) is 0 Å². The van der Waals surface area contributed by atoms with Crippen LogP contribution in [0.4, 0.5) is 0 Å². The summed E-state index contributed by atoms with van der Waals surface area (Å²) in [4.78, 5) is 11.1. The number of alkyl halides is 1. The van der Waals surface area contributed by atoms with Crippen LogP contribution in [0.5, 0.6) is 0 Å². The van der Waals surface area contributed by atoms with Crippen LogP contribution in [0.3, 0.4) is 0 Å². The maximum absolute atomic E-state index is 11.1. The molecule has 64 valence electrons. The summed E-state index contributed by atoms with van der Waals surface area (Å²) in [5.41, 5.74) is 1.02. The molecule has 0 radical (unpaired) electrons. The molecule has 0 N–H and O–H groups in total.